The second-order valence-corrected chi connectivity index (χ2v) is 9.79. The highest BCUT2D eigenvalue weighted by Gasteiger charge is 2.39. The fourth-order valence-electron chi connectivity index (χ4n) is 3.65. The van der Waals surface area contributed by atoms with E-state index in [-0.39, 0.29) is 17.0 Å². The summed E-state index contributed by atoms with van der Waals surface area (Å²) in [5.41, 5.74) is 1.27. The number of fused-ring (bicyclic) bond motifs is 1. The Labute approximate surface area is 194 Å². The van der Waals surface area contributed by atoms with Gasteiger partial charge in [0.2, 0.25) is 10.0 Å². The molecule has 10 nitrogen and oxygen atoms in total. The van der Waals surface area contributed by atoms with Crippen LogP contribution in [0.1, 0.15) is 19.3 Å². The topological polar surface area (TPSA) is 128 Å². The lowest BCUT2D eigenvalue weighted by atomic mass is 10.1. The summed E-state index contributed by atoms with van der Waals surface area (Å²) < 4.78 is 46.4. The number of carbonyl (C=O) groups excluding carboxylic acids is 2. The van der Waals surface area contributed by atoms with Crippen molar-refractivity contribution < 1.29 is 27.5 Å². The average Bonchev–Trinajstić information content (AvgIpc) is 3.32. The molecule has 0 aliphatic carbocycles. The van der Waals surface area contributed by atoms with Gasteiger partial charge in [0.25, 0.3) is 5.91 Å². The molecule has 0 saturated carbocycles. The van der Waals surface area contributed by atoms with Gasteiger partial charge in [-0.15, -0.1) is 0 Å². The van der Waals surface area contributed by atoms with Crippen molar-refractivity contribution in [2.75, 3.05) is 25.6 Å². The van der Waals surface area contributed by atoms with E-state index in [1.807, 2.05) is 0 Å². The van der Waals surface area contributed by atoms with Gasteiger partial charge in [0.15, 0.2) is 6.61 Å². The summed E-state index contributed by atoms with van der Waals surface area (Å²) in [4.78, 5) is 25.0. The zero-order chi connectivity index (χ0) is 23.4. The number of hydrogen-bond donors (Lipinski definition) is 1. The Hall–Kier alpha value is -3.09. The van der Waals surface area contributed by atoms with Crippen LogP contribution in [0.4, 0.5) is 5.69 Å². The van der Waals surface area contributed by atoms with Crippen LogP contribution < -0.4 is 10.1 Å². The van der Waals surface area contributed by atoms with Gasteiger partial charge < -0.3 is 14.8 Å². The zero-order valence-corrected chi connectivity index (χ0v) is 19.4. The normalized spacial score (nSPS) is 16.9. The van der Waals surface area contributed by atoms with Gasteiger partial charge >= 0.3 is 5.97 Å². The number of carbonyl (C=O) groups is 2. The summed E-state index contributed by atoms with van der Waals surface area (Å²) in [6.07, 6.45) is 1.60. The van der Waals surface area contributed by atoms with E-state index in [1.54, 1.807) is 36.4 Å². The molecule has 1 saturated heterocycles. The smallest absolute Gasteiger partial charge is 0.324 e. The molecular formula is C21H22N4O6S2. The molecule has 1 amide bonds. The lowest BCUT2D eigenvalue weighted by Crippen LogP contribution is -2.48. The molecule has 1 aromatic heterocycles. The van der Waals surface area contributed by atoms with Crippen molar-refractivity contribution in [1.29, 1.82) is 0 Å². The predicted molar refractivity (Wildman–Crippen MR) is 122 cm³/mol. The van der Waals surface area contributed by atoms with Crippen LogP contribution in [0.2, 0.25) is 0 Å². The van der Waals surface area contributed by atoms with Gasteiger partial charge in [-0.25, -0.2) is 8.42 Å². The SMILES string of the molecule is COc1ccc(NC(=O)COC(=O)[C@@H]2CCCCN2S(=O)(=O)c2cccc3nsnc23)cc1. The Kier molecular flexibility index (Phi) is 6.86. The van der Waals surface area contributed by atoms with E-state index < -0.39 is 34.5 Å². The van der Waals surface area contributed by atoms with Gasteiger partial charge in [0.1, 0.15) is 27.7 Å². The maximum atomic E-state index is 13.4. The largest absolute Gasteiger partial charge is 0.497 e. The molecule has 12 heteroatoms. The lowest BCUT2D eigenvalue weighted by molar-refractivity contribution is -0.152. The Morgan fingerprint density at radius 2 is 1.94 bits per heavy atom. The number of rotatable bonds is 7. The van der Waals surface area contributed by atoms with Gasteiger partial charge in [-0.05, 0) is 55.7 Å². The van der Waals surface area contributed by atoms with Crippen molar-refractivity contribution in [3.8, 4) is 5.75 Å². The van der Waals surface area contributed by atoms with E-state index in [2.05, 4.69) is 14.1 Å². The summed E-state index contributed by atoms with van der Waals surface area (Å²) in [7, 11) is -2.48. The van der Waals surface area contributed by atoms with Crippen LogP contribution >= 0.6 is 11.7 Å². The molecule has 0 radical (unpaired) electrons. The number of amides is 1. The van der Waals surface area contributed by atoms with Crippen LogP contribution in [-0.2, 0) is 24.3 Å². The van der Waals surface area contributed by atoms with Crippen molar-refractivity contribution in [3.63, 3.8) is 0 Å². The molecule has 2 aromatic carbocycles. The third-order valence-electron chi connectivity index (χ3n) is 5.28. The van der Waals surface area contributed by atoms with E-state index in [1.165, 1.54) is 13.2 Å². The molecule has 1 fully saturated rings. The number of nitrogens with zero attached hydrogens (tertiary/aromatic N) is 3. The van der Waals surface area contributed by atoms with Gasteiger partial charge in [0, 0.05) is 12.2 Å². The fraction of sp³-hybridized carbons (Fsp3) is 0.333. The minimum absolute atomic E-state index is 0.00528. The number of methoxy groups -OCH3 is 1. The molecule has 0 spiro atoms. The van der Waals surface area contributed by atoms with E-state index in [0.717, 1.165) is 16.0 Å². The molecule has 0 unspecified atom stereocenters. The van der Waals surface area contributed by atoms with E-state index in [0.29, 0.717) is 36.2 Å². The first-order chi connectivity index (χ1) is 15.9. The highest BCUT2D eigenvalue weighted by Crippen LogP contribution is 2.29. The van der Waals surface area contributed by atoms with Crippen molar-refractivity contribution in [2.24, 2.45) is 0 Å². The molecule has 4 rings (SSSR count). The van der Waals surface area contributed by atoms with Crippen molar-refractivity contribution in [3.05, 3.63) is 42.5 Å². The Balaban J connectivity index is 1.44. The standard InChI is InChI=1S/C21H22N4O6S2/c1-30-15-10-8-14(9-11-15)22-19(26)13-31-21(27)17-6-2-3-12-25(17)33(28,29)18-7-4-5-16-20(18)24-32-23-16/h4-5,7-11,17H,2-3,6,12-13H2,1H3,(H,22,26)/t17-/m0/s1. The third kappa shape index (κ3) is 4.97. The highest BCUT2D eigenvalue weighted by molar-refractivity contribution is 7.89. The second kappa shape index (κ2) is 9.81. The van der Waals surface area contributed by atoms with E-state index in [4.69, 9.17) is 9.47 Å². The van der Waals surface area contributed by atoms with Crippen molar-refractivity contribution >= 4 is 50.3 Å². The molecule has 33 heavy (non-hydrogen) atoms. The lowest BCUT2D eigenvalue weighted by Gasteiger charge is -2.32. The quantitative estimate of drug-likeness (QED) is 0.500. The number of nitrogens with one attached hydrogen (secondary N) is 1. The summed E-state index contributed by atoms with van der Waals surface area (Å²) in [5.74, 6) is -0.647. The van der Waals surface area contributed by atoms with Crippen LogP contribution in [-0.4, -0.2) is 59.6 Å². The van der Waals surface area contributed by atoms with Crippen LogP contribution in [0, 0.1) is 0 Å². The number of piperidine rings is 1. The summed E-state index contributed by atoms with van der Waals surface area (Å²) >= 11 is 0.925. The van der Waals surface area contributed by atoms with Gasteiger partial charge in [0.05, 0.1) is 18.8 Å². The number of hydrogen-bond acceptors (Lipinski definition) is 9. The minimum atomic E-state index is -4.02. The summed E-state index contributed by atoms with van der Waals surface area (Å²) in [5, 5.41) is 2.62. The number of anilines is 1. The van der Waals surface area contributed by atoms with Gasteiger partial charge in [-0.1, -0.05) is 6.07 Å². The molecule has 3 aromatic rings. The molecular weight excluding hydrogens is 468 g/mol. The van der Waals surface area contributed by atoms with Crippen molar-refractivity contribution in [2.45, 2.75) is 30.2 Å². The molecule has 174 valence electrons. The Bertz CT molecular complexity index is 1260. The molecule has 1 aliphatic rings. The average molecular weight is 491 g/mol. The zero-order valence-electron chi connectivity index (χ0n) is 17.8. The van der Waals surface area contributed by atoms with Crippen LogP contribution in [0.25, 0.3) is 11.0 Å². The molecule has 1 atom stereocenters. The second-order valence-electron chi connectivity index (χ2n) is 7.40. The van der Waals surface area contributed by atoms with E-state index in [9.17, 15) is 18.0 Å². The number of sulfonamides is 1. The number of esters is 1. The van der Waals surface area contributed by atoms with Crippen LogP contribution in [0.5, 0.6) is 5.75 Å². The number of benzene rings is 2. The third-order valence-corrected chi connectivity index (χ3v) is 7.76. The summed E-state index contributed by atoms with van der Waals surface area (Å²) in [6.45, 7) is -0.352. The number of aromatic nitrogens is 2. The first kappa shape index (κ1) is 23.1. The van der Waals surface area contributed by atoms with Crippen LogP contribution in [0.3, 0.4) is 0 Å². The molecule has 2 heterocycles. The van der Waals surface area contributed by atoms with Crippen LogP contribution in [0.15, 0.2) is 47.4 Å². The van der Waals surface area contributed by atoms with Crippen molar-refractivity contribution in [1.82, 2.24) is 13.1 Å². The Morgan fingerprint density at radius 3 is 2.70 bits per heavy atom. The molecule has 1 aliphatic heterocycles. The monoisotopic (exact) mass is 490 g/mol. The Morgan fingerprint density at radius 1 is 1.15 bits per heavy atom. The first-order valence-electron chi connectivity index (χ1n) is 10.2. The number of ether oxygens (including phenoxy) is 2. The molecule has 1 N–H and O–H groups in total. The summed E-state index contributed by atoms with van der Waals surface area (Å²) in [6, 6.07) is 10.4. The van der Waals surface area contributed by atoms with Gasteiger partial charge in [-0.2, -0.15) is 13.1 Å². The molecule has 0 bridgehead atoms. The van der Waals surface area contributed by atoms with Gasteiger partial charge in [-0.3, -0.25) is 9.59 Å². The first-order valence-corrected chi connectivity index (χ1v) is 12.4. The minimum Gasteiger partial charge on any atom is -0.497 e. The maximum absolute atomic E-state index is 13.4. The van der Waals surface area contributed by atoms with E-state index >= 15 is 0 Å². The maximum Gasteiger partial charge on any atom is 0.324 e. The fourth-order valence-corrected chi connectivity index (χ4v) is 6.05. The predicted octanol–water partition coefficient (Wildman–Crippen LogP) is 2.42. The highest BCUT2D eigenvalue weighted by atomic mass is 32.2.